The zero-order chi connectivity index (χ0) is 16.5. The molecule has 0 atom stereocenters. The van der Waals surface area contributed by atoms with E-state index in [-0.39, 0.29) is 6.79 Å². The Hall–Kier alpha value is -2.79. The zero-order valence-corrected chi connectivity index (χ0v) is 12.8. The summed E-state index contributed by atoms with van der Waals surface area (Å²) < 4.78 is 16.1. The number of hydrogen-bond donors (Lipinski definition) is 1. The van der Waals surface area contributed by atoms with Crippen LogP contribution in [0.1, 0.15) is 11.1 Å². The first kappa shape index (κ1) is 16.6. The van der Waals surface area contributed by atoms with Crippen LogP contribution >= 0.6 is 0 Å². The summed E-state index contributed by atoms with van der Waals surface area (Å²) in [6, 6.07) is 15.0. The molecule has 2 aromatic carbocycles. The zero-order valence-electron chi connectivity index (χ0n) is 12.8. The number of benzene rings is 2. The second kappa shape index (κ2) is 8.60. The van der Waals surface area contributed by atoms with E-state index in [4.69, 9.17) is 19.3 Å². The van der Waals surface area contributed by atoms with Gasteiger partial charge in [-0.05, 0) is 23.8 Å². The molecule has 5 heteroatoms. The van der Waals surface area contributed by atoms with Gasteiger partial charge in [0.15, 0.2) is 6.79 Å². The van der Waals surface area contributed by atoms with E-state index in [0.717, 1.165) is 11.6 Å². The largest absolute Gasteiger partial charge is 0.489 e. The number of carboxylic acids is 1. The van der Waals surface area contributed by atoms with Crippen molar-refractivity contribution in [2.75, 3.05) is 13.9 Å². The van der Waals surface area contributed by atoms with Crippen molar-refractivity contribution in [1.29, 1.82) is 0 Å². The van der Waals surface area contributed by atoms with Gasteiger partial charge in [-0.15, -0.1) is 0 Å². The van der Waals surface area contributed by atoms with E-state index in [1.165, 1.54) is 13.2 Å². The van der Waals surface area contributed by atoms with Gasteiger partial charge >= 0.3 is 5.97 Å². The van der Waals surface area contributed by atoms with Crippen molar-refractivity contribution in [2.24, 2.45) is 0 Å². The van der Waals surface area contributed by atoms with Gasteiger partial charge < -0.3 is 19.3 Å². The number of rotatable bonds is 8. The Bertz CT molecular complexity index is 664. The Labute approximate surface area is 134 Å². The summed E-state index contributed by atoms with van der Waals surface area (Å²) in [5.41, 5.74) is 1.69. The maximum absolute atomic E-state index is 10.6. The van der Waals surface area contributed by atoms with Gasteiger partial charge in [0.05, 0.1) is 0 Å². The standard InChI is InChI=1S/C18H18O5/c1-21-13-23-17-11-16(9-7-15(17)8-10-18(19)20)22-12-14-5-3-2-4-6-14/h2-11H,12-13H2,1H3,(H,19,20). The molecule has 0 radical (unpaired) electrons. The van der Waals surface area contributed by atoms with Crippen LogP contribution in [0.25, 0.3) is 6.08 Å². The molecular formula is C18H18O5. The minimum atomic E-state index is -1.02. The molecule has 1 N–H and O–H groups in total. The van der Waals surface area contributed by atoms with E-state index in [2.05, 4.69) is 0 Å². The molecule has 0 heterocycles. The Morgan fingerprint density at radius 1 is 1.13 bits per heavy atom. The molecule has 0 saturated heterocycles. The molecule has 2 aromatic rings. The van der Waals surface area contributed by atoms with E-state index in [1.807, 2.05) is 30.3 Å². The molecule has 0 amide bonds. The van der Waals surface area contributed by atoms with Crippen LogP contribution in [0.5, 0.6) is 11.5 Å². The van der Waals surface area contributed by atoms with Crippen molar-refractivity contribution in [2.45, 2.75) is 6.61 Å². The highest BCUT2D eigenvalue weighted by atomic mass is 16.7. The third-order valence-corrected chi connectivity index (χ3v) is 2.97. The van der Waals surface area contributed by atoms with Gasteiger partial charge in [0.2, 0.25) is 0 Å². The third-order valence-electron chi connectivity index (χ3n) is 2.97. The van der Waals surface area contributed by atoms with Gasteiger partial charge in [-0.1, -0.05) is 30.3 Å². The van der Waals surface area contributed by atoms with Crippen LogP contribution in [0.2, 0.25) is 0 Å². The van der Waals surface area contributed by atoms with Crippen molar-refractivity contribution in [3.8, 4) is 11.5 Å². The molecule has 0 aliphatic rings. The Morgan fingerprint density at radius 3 is 2.61 bits per heavy atom. The van der Waals surface area contributed by atoms with Crippen molar-refractivity contribution in [3.63, 3.8) is 0 Å². The van der Waals surface area contributed by atoms with E-state index in [9.17, 15) is 4.79 Å². The maximum atomic E-state index is 10.6. The predicted octanol–water partition coefficient (Wildman–Crippen LogP) is 3.35. The monoisotopic (exact) mass is 314 g/mol. The second-order valence-electron chi connectivity index (χ2n) is 4.70. The molecule has 0 spiro atoms. The molecule has 5 nitrogen and oxygen atoms in total. The number of hydrogen-bond acceptors (Lipinski definition) is 4. The summed E-state index contributed by atoms with van der Waals surface area (Å²) in [5, 5.41) is 8.73. The van der Waals surface area contributed by atoms with E-state index < -0.39 is 5.97 Å². The number of aliphatic carboxylic acids is 1. The highest BCUT2D eigenvalue weighted by Gasteiger charge is 2.05. The fourth-order valence-corrected chi connectivity index (χ4v) is 1.89. The minimum absolute atomic E-state index is 0.0655. The molecule has 0 fully saturated rings. The summed E-state index contributed by atoms with van der Waals surface area (Å²) in [6.45, 7) is 0.505. The van der Waals surface area contributed by atoms with Crippen LogP contribution in [0, 0.1) is 0 Å². The van der Waals surface area contributed by atoms with E-state index in [1.54, 1.807) is 18.2 Å². The average molecular weight is 314 g/mol. The smallest absolute Gasteiger partial charge is 0.328 e. The lowest BCUT2D eigenvalue weighted by Crippen LogP contribution is -2.01. The maximum Gasteiger partial charge on any atom is 0.328 e. The lowest BCUT2D eigenvalue weighted by Gasteiger charge is -2.12. The van der Waals surface area contributed by atoms with Gasteiger partial charge in [-0.3, -0.25) is 0 Å². The molecule has 0 aromatic heterocycles. The van der Waals surface area contributed by atoms with Crippen LogP contribution in [0.4, 0.5) is 0 Å². The van der Waals surface area contributed by atoms with Gasteiger partial charge in [0.1, 0.15) is 18.1 Å². The van der Waals surface area contributed by atoms with Crippen LogP contribution in [-0.4, -0.2) is 25.0 Å². The quantitative estimate of drug-likeness (QED) is 0.598. The van der Waals surface area contributed by atoms with Gasteiger partial charge in [0, 0.05) is 24.8 Å². The highest BCUT2D eigenvalue weighted by molar-refractivity contribution is 5.86. The topological polar surface area (TPSA) is 65.0 Å². The normalized spacial score (nSPS) is 10.7. The molecule has 0 saturated carbocycles. The number of carbonyl (C=O) groups is 1. The van der Waals surface area contributed by atoms with Crippen LogP contribution in [0.15, 0.2) is 54.6 Å². The fourth-order valence-electron chi connectivity index (χ4n) is 1.89. The number of methoxy groups -OCH3 is 1. The SMILES string of the molecule is COCOc1cc(OCc2ccccc2)ccc1C=CC(=O)O. The van der Waals surface area contributed by atoms with Crippen molar-refractivity contribution >= 4 is 12.0 Å². The summed E-state index contributed by atoms with van der Waals surface area (Å²) in [6.07, 6.45) is 2.52. The lowest BCUT2D eigenvalue weighted by atomic mass is 10.1. The molecule has 120 valence electrons. The molecule has 0 aliphatic heterocycles. The Morgan fingerprint density at radius 2 is 1.91 bits per heavy atom. The molecule has 0 unspecified atom stereocenters. The van der Waals surface area contributed by atoms with Crippen LogP contribution in [-0.2, 0) is 16.1 Å². The van der Waals surface area contributed by atoms with Crippen LogP contribution < -0.4 is 9.47 Å². The first-order valence-electron chi connectivity index (χ1n) is 7.02. The van der Waals surface area contributed by atoms with Gasteiger partial charge in [-0.2, -0.15) is 0 Å². The Kier molecular flexibility index (Phi) is 6.20. The first-order valence-corrected chi connectivity index (χ1v) is 7.02. The summed E-state index contributed by atoms with van der Waals surface area (Å²) >= 11 is 0. The van der Waals surface area contributed by atoms with Crippen molar-refractivity contribution in [1.82, 2.24) is 0 Å². The molecule has 0 aliphatic carbocycles. The number of carboxylic acid groups (broad SMARTS) is 1. The summed E-state index contributed by atoms with van der Waals surface area (Å²) in [7, 11) is 1.52. The van der Waals surface area contributed by atoms with Crippen molar-refractivity contribution in [3.05, 3.63) is 65.7 Å². The molecule has 0 bridgehead atoms. The lowest BCUT2D eigenvalue weighted by molar-refractivity contribution is -0.131. The molecular weight excluding hydrogens is 296 g/mol. The Balaban J connectivity index is 2.12. The van der Waals surface area contributed by atoms with Gasteiger partial charge in [0.25, 0.3) is 0 Å². The van der Waals surface area contributed by atoms with Crippen molar-refractivity contribution < 1.29 is 24.1 Å². The average Bonchev–Trinajstić information content (AvgIpc) is 2.57. The van der Waals surface area contributed by atoms with Crippen LogP contribution in [0.3, 0.4) is 0 Å². The minimum Gasteiger partial charge on any atom is -0.489 e. The van der Waals surface area contributed by atoms with E-state index >= 15 is 0 Å². The second-order valence-corrected chi connectivity index (χ2v) is 4.70. The number of ether oxygens (including phenoxy) is 3. The molecule has 23 heavy (non-hydrogen) atoms. The predicted molar refractivity (Wildman–Crippen MR) is 86.4 cm³/mol. The van der Waals surface area contributed by atoms with Gasteiger partial charge in [-0.25, -0.2) is 4.79 Å². The summed E-state index contributed by atoms with van der Waals surface area (Å²) in [4.78, 5) is 10.6. The third kappa shape index (κ3) is 5.48. The highest BCUT2D eigenvalue weighted by Crippen LogP contribution is 2.27. The first-order chi connectivity index (χ1) is 11.2. The summed E-state index contributed by atoms with van der Waals surface area (Å²) in [5.74, 6) is 0.106. The van der Waals surface area contributed by atoms with E-state index in [0.29, 0.717) is 23.7 Å². The molecule has 2 rings (SSSR count). The fraction of sp³-hybridized carbons (Fsp3) is 0.167.